The van der Waals surface area contributed by atoms with E-state index in [4.69, 9.17) is 21.1 Å². The van der Waals surface area contributed by atoms with Crippen LogP contribution in [0.1, 0.15) is 12.8 Å². The Morgan fingerprint density at radius 3 is 2.33 bits per heavy atom. The number of carbonyl (C=O) groups is 2. The molecule has 0 fully saturated rings. The van der Waals surface area contributed by atoms with Crippen LogP contribution in [-0.4, -0.2) is 67.5 Å². The average molecular weight is 396 g/mol. The van der Waals surface area contributed by atoms with Gasteiger partial charge in [0.05, 0.1) is 12.7 Å². The summed E-state index contributed by atoms with van der Waals surface area (Å²) in [6.45, 7) is -0.762. The third-order valence-corrected chi connectivity index (χ3v) is 2.36. The average Bonchev–Trinajstić information content (AvgIpc) is 2.98. The number of aryl methyl sites for hydroxylation is 1. The van der Waals surface area contributed by atoms with Gasteiger partial charge in [0.2, 0.25) is 0 Å². The summed E-state index contributed by atoms with van der Waals surface area (Å²) in [6, 6.07) is 0. The van der Waals surface area contributed by atoms with E-state index >= 15 is 0 Å². The minimum atomic E-state index is -4.39. The molecule has 1 aromatic rings. The molecule has 0 amide bonds. The van der Waals surface area contributed by atoms with Crippen molar-refractivity contribution in [3.05, 3.63) is 18.3 Å². The molecular formula is C13H19F3N6O5. The number of hydrogen-bond donors (Lipinski definition) is 5. The smallest absolute Gasteiger partial charge is 0.408 e. The minimum absolute atomic E-state index is 0.0867. The van der Waals surface area contributed by atoms with E-state index in [1.807, 2.05) is 0 Å². The van der Waals surface area contributed by atoms with Gasteiger partial charge >= 0.3 is 18.1 Å². The van der Waals surface area contributed by atoms with Gasteiger partial charge in [0.1, 0.15) is 6.54 Å². The number of guanidine groups is 1. The van der Waals surface area contributed by atoms with Gasteiger partial charge in [-0.3, -0.25) is 0 Å². The number of nitrogens with one attached hydrogen (secondary N) is 1. The van der Waals surface area contributed by atoms with Crippen molar-refractivity contribution >= 4 is 23.7 Å². The Kier molecular flexibility index (Phi) is 10.8. The summed E-state index contributed by atoms with van der Waals surface area (Å²) < 4.78 is 35.7. The summed E-state index contributed by atoms with van der Waals surface area (Å²) in [4.78, 5) is 23.6. The van der Waals surface area contributed by atoms with Gasteiger partial charge in [-0.15, -0.1) is 5.10 Å². The van der Waals surface area contributed by atoms with Crippen LogP contribution in [0, 0.1) is 0 Å². The SMILES string of the molecule is NC(=NCC(F)(F)F)Nc1cnn(CCCCO)n1.O=C(O)C=CC(=O)O. The standard InChI is InChI=1S/C9H15F3N6O.C4H4O4/c10-9(11,12)6-14-8(13)16-7-5-15-18(17-7)3-1-2-4-19;5-3(6)1-2-4(7)8/h5,19H,1-4,6H2,(H3,13,14,16,17);1-2H,(H,5,6)(H,7,8). The fourth-order valence-electron chi connectivity index (χ4n) is 1.32. The van der Waals surface area contributed by atoms with Crippen LogP contribution in [-0.2, 0) is 16.1 Å². The summed E-state index contributed by atoms with van der Waals surface area (Å²) >= 11 is 0. The number of halogens is 3. The minimum Gasteiger partial charge on any atom is -0.478 e. The van der Waals surface area contributed by atoms with E-state index in [0.717, 1.165) is 0 Å². The maximum Gasteiger partial charge on any atom is 0.408 e. The van der Waals surface area contributed by atoms with Crippen molar-refractivity contribution < 1.29 is 38.1 Å². The van der Waals surface area contributed by atoms with Gasteiger partial charge in [-0.05, 0) is 12.8 Å². The maximum atomic E-state index is 11.9. The predicted molar refractivity (Wildman–Crippen MR) is 86.9 cm³/mol. The molecule has 0 saturated heterocycles. The molecule has 1 heterocycles. The van der Waals surface area contributed by atoms with Crippen LogP contribution < -0.4 is 11.1 Å². The van der Waals surface area contributed by atoms with Crippen molar-refractivity contribution in [1.29, 1.82) is 0 Å². The molecule has 0 radical (unpaired) electrons. The summed E-state index contributed by atoms with van der Waals surface area (Å²) in [7, 11) is 0. The predicted octanol–water partition coefficient (Wildman–Crippen LogP) is 0.0513. The van der Waals surface area contributed by atoms with Gasteiger partial charge in [0.15, 0.2) is 11.8 Å². The highest BCUT2D eigenvalue weighted by Crippen LogP contribution is 2.14. The first-order valence-electron chi connectivity index (χ1n) is 7.32. The molecule has 1 rings (SSSR count). The molecule has 1 aromatic heterocycles. The second-order valence-electron chi connectivity index (χ2n) is 4.71. The summed E-state index contributed by atoms with van der Waals surface area (Å²) in [5.41, 5.74) is 5.27. The molecule has 0 spiro atoms. The Bertz CT molecular complexity index is 643. The molecule has 0 aliphatic rings. The number of aliphatic hydroxyl groups excluding tert-OH is 1. The molecule has 27 heavy (non-hydrogen) atoms. The first kappa shape index (κ1) is 23.8. The fourth-order valence-corrected chi connectivity index (χ4v) is 1.32. The molecular weight excluding hydrogens is 377 g/mol. The highest BCUT2D eigenvalue weighted by atomic mass is 19.4. The molecule has 0 atom stereocenters. The largest absolute Gasteiger partial charge is 0.478 e. The van der Waals surface area contributed by atoms with Crippen molar-refractivity contribution in [3.63, 3.8) is 0 Å². The van der Waals surface area contributed by atoms with E-state index in [0.29, 0.717) is 31.5 Å². The number of carboxylic acid groups (broad SMARTS) is 2. The van der Waals surface area contributed by atoms with Gasteiger partial charge in [-0.1, -0.05) is 0 Å². The summed E-state index contributed by atoms with van der Waals surface area (Å²) in [5, 5.41) is 34.5. The van der Waals surface area contributed by atoms with E-state index in [-0.39, 0.29) is 18.4 Å². The number of nitrogens with two attached hydrogens (primary N) is 1. The molecule has 14 heteroatoms. The van der Waals surface area contributed by atoms with E-state index in [2.05, 4.69) is 20.5 Å². The van der Waals surface area contributed by atoms with Crippen LogP contribution in [0.3, 0.4) is 0 Å². The number of aliphatic carboxylic acids is 2. The number of aliphatic hydroxyl groups is 1. The Morgan fingerprint density at radius 2 is 1.85 bits per heavy atom. The Morgan fingerprint density at radius 1 is 1.26 bits per heavy atom. The molecule has 0 aliphatic carbocycles. The first-order chi connectivity index (χ1) is 12.5. The molecule has 0 aromatic carbocycles. The number of rotatable bonds is 8. The van der Waals surface area contributed by atoms with Crippen LogP contribution >= 0.6 is 0 Å². The molecule has 0 unspecified atom stereocenters. The number of nitrogens with zero attached hydrogens (tertiary/aromatic N) is 4. The normalized spacial score (nSPS) is 11.8. The van der Waals surface area contributed by atoms with E-state index in [1.54, 1.807) is 0 Å². The van der Waals surface area contributed by atoms with Crippen LogP contribution in [0.15, 0.2) is 23.3 Å². The van der Waals surface area contributed by atoms with Crippen molar-refractivity contribution in [2.24, 2.45) is 10.7 Å². The van der Waals surface area contributed by atoms with Crippen molar-refractivity contribution in [1.82, 2.24) is 15.0 Å². The zero-order valence-corrected chi connectivity index (χ0v) is 13.9. The van der Waals surface area contributed by atoms with E-state index in [1.165, 1.54) is 11.0 Å². The quantitative estimate of drug-likeness (QED) is 0.176. The number of unbranched alkanes of at least 4 members (excludes halogenated alkanes) is 1. The third kappa shape index (κ3) is 14.9. The zero-order chi connectivity index (χ0) is 20.9. The molecule has 0 saturated carbocycles. The lowest BCUT2D eigenvalue weighted by atomic mass is 10.3. The topological polar surface area (TPSA) is 176 Å². The summed E-state index contributed by atoms with van der Waals surface area (Å²) in [5.74, 6) is -2.67. The van der Waals surface area contributed by atoms with Crippen molar-refractivity contribution in [2.75, 3.05) is 18.5 Å². The fraction of sp³-hybridized carbons (Fsp3) is 0.462. The van der Waals surface area contributed by atoms with Gasteiger partial charge in [-0.25, -0.2) is 14.6 Å². The van der Waals surface area contributed by atoms with Crippen LogP contribution in [0.25, 0.3) is 0 Å². The number of aliphatic imine (C=N–C) groups is 1. The highest BCUT2D eigenvalue weighted by Gasteiger charge is 2.26. The zero-order valence-electron chi connectivity index (χ0n) is 13.9. The Labute approximate surface area is 151 Å². The number of alkyl halides is 3. The van der Waals surface area contributed by atoms with Crippen LogP contribution in [0.2, 0.25) is 0 Å². The number of hydrogen-bond acceptors (Lipinski definition) is 6. The summed E-state index contributed by atoms with van der Waals surface area (Å²) in [6.07, 6.45) is -0.629. The van der Waals surface area contributed by atoms with E-state index in [9.17, 15) is 22.8 Å². The molecule has 6 N–H and O–H groups in total. The van der Waals surface area contributed by atoms with Gasteiger partial charge in [0, 0.05) is 18.8 Å². The Balaban J connectivity index is 0.000000713. The van der Waals surface area contributed by atoms with Gasteiger partial charge < -0.3 is 26.4 Å². The lowest BCUT2D eigenvalue weighted by Gasteiger charge is -2.04. The molecule has 152 valence electrons. The lowest BCUT2D eigenvalue weighted by Crippen LogP contribution is -2.25. The Hall–Kier alpha value is -3.16. The second kappa shape index (κ2) is 12.2. The number of aromatic nitrogens is 3. The van der Waals surface area contributed by atoms with Crippen LogP contribution in [0.4, 0.5) is 19.0 Å². The molecule has 11 nitrogen and oxygen atoms in total. The van der Waals surface area contributed by atoms with Crippen LogP contribution in [0.5, 0.6) is 0 Å². The van der Waals surface area contributed by atoms with Crippen molar-refractivity contribution in [2.45, 2.75) is 25.6 Å². The molecule has 0 aliphatic heterocycles. The van der Waals surface area contributed by atoms with Crippen molar-refractivity contribution in [3.8, 4) is 0 Å². The van der Waals surface area contributed by atoms with Gasteiger partial charge in [-0.2, -0.15) is 23.1 Å². The lowest BCUT2D eigenvalue weighted by molar-refractivity contribution is -0.134. The van der Waals surface area contributed by atoms with Gasteiger partial charge in [0.25, 0.3) is 0 Å². The van der Waals surface area contributed by atoms with E-state index < -0.39 is 24.7 Å². The third-order valence-electron chi connectivity index (χ3n) is 2.36. The second-order valence-corrected chi connectivity index (χ2v) is 4.71. The first-order valence-corrected chi connectivity index (χ1v) is 7.32. The molecule has 0 bridgehead atoms. The monoisotopic (exact) mass is 396 g/mol. The number of carboxylic acids is 2. The highest BCUT2D eigenvalue weighted by molar-refractivity contribution is 5.91. The maximum absolute atomic E-state index is 11.9. The number of anilines is 1.